The second-order valence-electron chi connectivity index (χ2n) is 10.1. The number of unbranched alkanes of at least 4 members (excludes halogenated alkanes) is 1. The second kappa shape index (κ2) is 15.9. The molecule has 1 amide bonds. The quantitative estimate of drug-likeness (QED) is 0.125. The zero-order valence-electron chi connectivity index (χ0n) is 24.7. The van der Waals surface area contributed by atoms with E-state index in [0.717, 1.165) is 24.1 Å². The lowest BCUT2D eigenvalue weighted by molar-refractivity contribution is -0.141. The third-order valence-corrected chi connectivity index (χ3v) is 7.08. The number of benzene rings is 4. The minimum atomic E-state index is -0.713. The van der Waals surface area contributed by atoms with Crippen molar-refractivity contribution >= 4 is 29.0 Å². The van der Waals surface area contributed by atoms with E-state index in [1.165, 1.54) is 7.11 Å². The molecule has 0 saturated heterocycles. The fourth-order valence-corrected chi connectivity index (χ4v) is 4.76. The maximum Gasteiger partial charge on any atom is 0.328 e. The Kier molecular flexibility index (Phi) is 11.5. The highest BCUT2D eigenvalue weighted by Gasteiger charge is 2.23. The zero-order valence-corrected chi connectivity index (χ0v) is 24.7. The molecule has 0 bridgehead atoms. The van der Waals surface area contributed by atoms with E-state index >= 15 is 0 Å². The molecule has 0 aromatic heterocycles. The SMILES string of the molecule is CCCCC(=O)N(CCOc1ccc(C[C@H](Nc2ccccc2C(=O)c2ccccc2)C(=O)OC)cc1)c1ccccc1. The van der Waals surface area contributed by atoms with E-state index in [4.69, 9.17) is 9.47 Å². The van der Waals surface area contributed by atoms with Crippen LogP contribution in [0.15, 0.2) is 109 Å². The Bertz CT molecular complexity index is 1470. The fourth-order valence-electron chi connectivity index (χ4n) is 4.76. The first-order valence-electron chi connectivity index (χ1n) is 14.6. The molecule has 4 rings (SSSR count). The van der Waals surface area contributed by atoms with Crippen LogP contribution < -0.4 is 15.0 Å². The number of ether oxygens (including phenoxy) is 2. The van der Waals surface area contributed by atoms with Crippen molar-refractivity contribution < 1.29 is 23.9 Å². The van der Waals surface area contributed by atoms with Crippen LogP contribution in [0.1, 0.15) is 47.7 Å². The minimum Gasteiger partial charge on any atom is -0.492 e. The zero-order chi connectivity index (χ0) is 30.4. The number of amides is 1. The first-order valence-corrected chi connectivity index (χ1v) is 14.6. The lowest BCUT2D eigenvalue weighted by Gasteiger charge is -2.23. The number of carbonyl (C=O) groups excluding carboxylic acids is 3. The number of para-hydroxylation sites is 2. The van der Waals surface area contributed by atoms with Gasteiger partial charge in [0.15, 0.2) is 5.78 Å². The predicted molar refractivity (Wildman–Crippen MR) is 170 cm³/mol. The van der Waals surface area contributed by atoms with E-state index < -0.39 is 12.0 Å². The Morgan fingerprint density at radius 1 is 0.814 bits per heavy atom. The van der Waals surface area contributed by atoms with Gasteiger partial charge in [-0.15, -0.1) is 0 Å². The third kappa shape index (κ3) is 8.79. The van der Waals surface area contributed by atoms with Crippen LogP contribution in [0.3, 0.4) is 0 Å². The summed E-state index contributed by atoms with van der Waals surface area (Å²) < 4.78 is 11.1. The lowest BCUT2D eigenvalue weighted by atomic mass is 10.00. The van der Waals surface area contributed by atoms with Crippen LogP contribution in [-0.2, 0) is 20.7 Å². The fraction of sp³-hybridized carbons (Fsp3) is 0.250. The van der Waals surface area contributed by atoms with Gasteiger partial charge in [-0.25, -0.2) is 4.79 Å². The molecule has 0 aliphatic carbocycles. The van der Waals surface area contributed by atoms with E-state index in [9.17, 15) is 14.4 Å². The number of hydrogen-bond acceptors (Lipinski definition) is 6. The molecule has 4 aromatic carbocycles. The Balaban J connectivity index is 1.40. The van der Waals surface area contributed by atoms with Gasteiger partial charge in [-0.3, -0.25) is 9.59 Å². The predicted octanol–water partition coefficient (Wildman–Crippen LogP) is 6.72. The van der Waals surface area contributed by atoms with Crippen LogP contribution in [0.5, 0.6) is 5.75 Å². The number of rotatable bonds is 15. The molecular formula is C36H38N2O5. The Hall–Kier alpha value is -4.91. The van der Waals surface area contributed by atoms with Crippen LogP contribution in [0.25, 0.3) is 0 Å². The molecule has 1 atom stereocenters. The average Bonchev–Trinajstić information content (AvgIpc) is 3.06. The molecule has 43 heavy (non-hydrogen) atoms. The summed E-state index contributed by atoms with van der Waals surface area (Å²) in [6.07, 6.45) is 2.65. The number of carbonyl (C=O) groups is 3. The van der Waals surface area contributed by atoms with Crippen LogP contribution >= 0.6 is 0 Å². The number of nitrogens with one attached hydrogen (secondary N) is 1. The Morgan fingerprint density at radius 3 is 2.14 bits per heavy atom. The van der Waals surface area contributed by atoms with Crippen molar-refractivity contribution in [3.63, 3.8) is 0 Å². The summed E-state index contributed by atoms with van der Waals surface area (Å²) in [5.41, 5.74) is 3.35. The minimum absolute atomic E-state index is 0.0837. The monoisotopic (exact) mass is 578 g/mol. The van der Waals surface area contributed by atoms with Crippen LogP contribution in [0, 0.1) is 0 Å². The van der Waals surface area contributed by atoms with E-state index in [1.807, 2.05) is 78.9 Å². The van der Waals surface area contributed by atoms with Crippen LogP contribution in [0.4, 0.5) is 11.4 Å². The van der Waals surface area contributed by atoms with Gasteiger partial charge >= 0.3 is 5.97 Å². The molecule has 0 aliphatic heterocycles. The summed E-state index contributed by atoms with van der Waals surface area (Å²) in [5.74, 6) is 0.183. The summed E-state index contributed by atoms with van der Waals surface area (Å²) >= 11 is 0. The number of ketones is 1. The summed E-state index contributed by atoms with van der Waals surface area (Å²) in [4.78, 5) is 40.6. The lowest BCUT2D eigenvalue weighted by Crippen LogP contribution is -2.34. The first-order chi connectivity index (χ1) is 21.0. The van der Waals surface area contributed by atoms with Crippen molar-refractivity contribution in [3.05, 3.63) is 126 Å². The van der Waals surface area contributed by atoms with E-state index in [-0.39, 0.29) is 11.7 Å². The smallest absolute Gasteiger partial charge is 0.328 e. The molecule has 0 spiro atoms. The summed E-state index contributed by atoms with van der Waals surface area (Å²) in [5, 5.41) is 3.24. The molecule has 0 radical (unpaired) electrons. The number of anilines is 2. The Labute approximate surface area is 253 Å². The highest BCUT2D eigenvalue weighted by Crippen LogP contribution is 2.22. The second-order valence-corrected chi connectivity index (χ2v) is 10.1. The number of nitrogens with zero attached hydrogens (tertiary/aromatic N) is 1. The summed E-state index contributed by atoms with van der Waals surface area (Å²) in [6.45, 7) is 2.84. The molecule has 0 heterocycles. The number of esters is 1. The molecule has 0 aliphatic rings. The number of methoxy groups -OCH3 is 1. The van der Waals surface area contributed by atoms with Crippen LogP contribution in [0.2, 0.25) is 0 Å². The Morgan fingerprint density at radius 2 is 1.47 bits per heavy atom. The van der Waals surface area contributed by atoms with Gasteiger partial charge in [0.25, 0.3) is 0 Å². The summed E-state index contributed by atoms with van der Waals surface area (Å²) in [7, 11) is 1.35. The standard InChI is InChI=1S/C36H38N2O5/c1-3-4-19-34(39)38(29-15-9-6-10-16-29)24-25-43-30-22-20-27(21-23-30)26-33(36(41)42-2)37-32-18-12-11-17-31(32)35(40)28-13-7-5-8-14-28/h5-18,20-23,33,37H,3-4,19,24-26H2,1-2H3/t33-/m0/s1. The van der Waals surface area contributed by atoms with E-state index in [2.05, 4.69) is 12.2 Å². The normalized spacial score (nSPS) is 11.3. The van der Waals surface area contributed by atoms with Gasteiger partial charge in [0, 0.05) is 35.3 Å². The highest BCUT2D eigenvalue weighted by atomic mass is 16.5. The average molecular weight is 579 g/mol. The summed E-state index contributed by atoms with van der Waals surface area (Å²) in [6, 6.07) is 32.6. The number of hydrogen-bond donors (Lipinski definition) is 1. The third-order valence-electron chi connectivity index (χ3n) is 7.08. The van der Waals surface area contributed by atoms with Crippen molar-refractivity contribution in [1.82, 2.24) is 0 Å². The van der Waals surface area contributed by atoms with Crippen molar-refractivity contribution in [1.29, 1.82) is 0 Å². The molecule has 1 N–H and O–H groups in total. The molecular weight excluding hydrogens is 540 g/mol. The first kappa shape index (κ1) is 31.0. The van der Waals surface area contributed by atoms with Crippen molar-refractivity contribution in [2.75, 3.05) is 30.5 Å². The van der Waals surface area contributed by atoms with Gasteiger partial charge in [-0.05, 0) is 48.4 Å². The molecule has 0 saturated carbocycles. The largest absolute Gasteiger partial charge is 0.492 e. The highest BCUT2D eigenvalue weighted by molar-refractivity contribution is 6.12. The van der Waals surface area contributed by atoms with Gasteiger partial charge in [0.05, 0.1) is 13.7 Å². The van der Waals surface area contributed by atoms with Crippen LogP contribution in [-0.4, -0.2) is 44.0 Å². The van der Waals surface area contributed by atoms with Crippen molar-refractivity contribution in [2.24, 2.45) is 0 Å². The van der Waals surface area contributed by atoms with Gasteiger partial charge in [-0.2, -0.15) is 0 Å². The van der Waals surface area contributed by atoms with Crippen molar-refractivity contribution in [3.8, 4) is 5.75 Å². The topological polar surface area (TPSA) is 84.9 Å². The van der Waals surface area contributed by atoms with Gasteiger partial charge in [-0.1, -0.05) is 86.1 Å². The maximum absolute atomic E-state index is 13.2. The molecule has 4 aromatic rings. The molecule has 7 heteroatoms. The van der Waals surface area contributed by atoms with Gasteiger partial charge in [0.2, 0.25) is 5.91 Å². The maximum atomic E-state index is 13.2. The molecule has 0 unspecified atom stereocenters. The molecule has 7 nitrogen and oxygen atoms in total. The van der Waals surface area contributed by atoms with Crippen molar-refractivity contribution in [2.45, 2.75) is 38.6 Å². The van der Waals surface area contributed by atoms with Gasteiger partial charge in [0.1, 0.15) is 18.4 Å². The molecule has 0 fully saturated rings. The van der Waals surface area contributed by atoms with E-state index in [0.29, 0.717) is 48.6 Å². The molecule has 222 valence electrons. The van der Waals surface area contributed by atoms with E-state index in [1.54, 1.807) is 35.2 Å². The van der Waals surface area contributed by atoms with Gasteiger partial charge < -0.3 is 19.7 Å².